The molecule has 16 heavy (non-hydrogen) atoms. The fourth-order valence-electron chi connectivity index (χ4n) is 2.18. The number of aryl methyl sites for hydroxylation is 2. The Morgan fingerprint density at radius 2 is 2.38 bits per heavy atom. The Bertz CT molecular complexity index is 364. The van der Waals surface area contributed by atoms with Crippen molar-refractivity contribution in [2.45, 2.75) is 26.3 Å². The van der Waals surface area contributed by atoms with E-state index in [1.165, 1.54) is 11.3 Å². The lowest BCUT2D eigenvalue weighted by atomic mass is 10.0. The molecule has 1 atom stereocenters. The first-order valence-corrected chi connectivity index (χ1v) is 5.95. The van der Waals surface area contributed by atoms with Crippen LogP contribution in [0.4, 0.5) is 0 Å². The molecule has 0 spiro atoms. The van der Waals surface area contributed by atoms with Crippen LogP contribution in [-0.4, -0.2) is 41.5 Å². The van der Waals surface area contributed by atoms with Crippen LogP contribution >= 0.6 is 0 Å². The Kier molecular flexibility index (Phi) is 3.51. The lowest BCUT2D eigenvalue weighted by molar-refractivity contribution is 0.197. The SMILES string of the molecule is CCc1cnc(C)nc1C1CNCCN1C. The highest BCUT2D eigenvalue weighted by Gasteiger charge is 2.23. The number of rotatable bonds is 2. The summed E-state index contributed by atoms with van der Waals surface area (Å²) in [5.74, 6) is 0.867. The highest BCUT2D eigenvalue weighted by molar-refractivity contribution is 5.22. The molecule has 1 aliphatic rings. The summed E-state index contributed by atoms with van der Waals surface area (Å²) in [6.07, 6.45) is 2.97. The standard InChI is InChI=1S/C12H20N4/c1-4-10-7-14-9(2)15-12(10)11-8-13-5-6-16(11)3/h7,11,13H,4-6,8H2,1-3H3. The number of hydrogen-bond acceptors (Lipinski definition) is 4. The molecule has 0 aromatic carbocycles. The van der Waals surface area contributed by atoms with E-state index in [1.807, 2.05) is 13.1 Å². The molecule has 4 heteroatoms. The first kappa shape index (κ1) is 11.5. The number of hydrogen-bond donors (Lipinski definition) is 1. The van der Waals surface area contributed by atoms with Crippen LogP contribution in [0.3, 0.4) is 0 Å². The van der Waals surface area contributed by atoms with Gasteiger partial charge in [-0.15, -0.1) is 0 Å². The molecule has 1 fully saturated rings. The van der Waals surface area contributed by atoms with Crippen molar-refractivity contribution >= 4 is 0 Å². The van der Waals surface area contributed by atoms with Gasteiger partial charge in [-0.1, -0.05) is 6.92 Å². The van der Waals surface area contributed by atoms with Crippen molar-refractivity contribution in [3.63, 3.8) is 0 Å². The third-order valence-corrected chi connectivity index (χ3v) is 3.23. The van der Waals surface area contributed by atoms with Crippen LogP contribution in [0.15, 0.2) is 6.20 Å². The summed E-state index contributed by atoms with van der Waals surface area (Å²) in [6.45, 7) is 7.25. The van der Waals surface area contributed by atoms with Crippen LogP contribution in [0.1, 0.15) is 30.0 Å². The van der Waals surface area contributed by atoms with E-state index >= 15 is 0 Å². The van der Waals surface area contributed by atoms with E-state index in [1.54, 1.807) is 0 Å². The van der Waals surface area contributed by atoms with E-state index in [4.69, 9.17) is 0 Å². The third-order valence-electron chi connectivity index (χ3n) is 3.23. The molecular formula is C12H20N4. The van der Waals surface area contributed by atoms with Crippen molar-refractivity contribution < 1.29 is 0 Å². The molecule has 0 aliphatic carbocycles. The second-order valence-corrected chi connectivity index (χ2v) is 4.38. The van der Waals surface area contributed by atoms with Crippen molar-refractivity contribution in [3.05, 3.63) is 23.3 Å². The summed E-state index contributed by atoms with van der Waals surface area (Å²) in [5, 5.41) is 3.43. The second-order valence-electron chi connectivity index (χ2n) is 4.38. The van der Waals surface area contributed by atoms with Crippen LogP contribution in [0.2, 0.25) is 0 Å². The Labute approximate surface area is 97.1 Å². The van der Waals surface area contributed by atoms with Gasteiger partial charge in [0.15, 0.2) is 0 Å². The fraction of sp³-hybridized carbons (Fsp3) is 0.667. The van der Waals surface area contributed by atoms with Gasteiger partial charge in [-0.3, -0.25) is 4.90 Å². The van der Waals surface area contributed by atoms with Crippen molar-refractivity contribution in [1.29, 1.82) is 0 Å². The molecule has 1 saturated heterocycles. The van der Waals surface area contributed by atoms with Crippen molar-refractivity contribution in [3.8, 4) is 0 Å². The zero-order chi connectivity index (χ0) is 11.5. The first-order chi connectivity index (χ1) is 7.72. The summed E-state index contributed by atoms with van der Waals surface area (Å²) in [5.41, 5.74) is 2.47. The van der Waals surface area contributed by atoms with Gasteiger partial charge in [0.1, 0.15) is 5.82 Å². The highest BCUT2D eigenvalue weighted by Crippen LogP contribution is 2.22. The molecule has 0 bridgehead atoms. The van der Waals surface area contributed by atoms with Gasteiger partial charge in [0.05, 0.1) is 11.7 Å². The van der Waals surface area contributed by atoms with Gasteiger partial charge >= 0.3 is 0 Å². The van der Waals surface area contributed by atoms with E-state index < -0.39 is 0 Å². The van der Waals surface area contributed by atoms with E-state index in [9.17, 15) is 0 Å². The number of piperazine rings is 1. The van der Waals surface area contributed by atoms with E-state index in [-0.39, 0.29) is 0 Å². The Balaban J connectivity index is 2.33. The third kappa shape index (κ3) is 2.23. The Hall–Kier alpha value is -1.00. The molecule has 88 valence electrons. The van der Waals surface area contributed by atoms with Gasteiger partial charge in [-0.25, -0.2) is 9.97 Å². The molecule has 1 aliphatic heterocycles. The molecular weight excluding hydrogens is 200 g/mol. The molecule has 4 nitrogen and oxygen atoms in total. The van der Waals surface area contributed by atoms with Crippen LogP contribution < -0.4 is 5.32 Å². The number of aromatic nitrogens is 2. The minimum atomic E-state index is 0.394. The van der Waals surface area contributed by atoms with Gasteiger partial charge in [0.25, 0.3) is 0 Å². The largest absolute Gasteiger partial charge is 0.313 e. The molecule has 2 heterocycles. The molecule has 1 aromatic rings. The number of likely N-dealkylation sites (N-methyl/N-ethyl adjacent to an activating group) is 1. The van der Waals surface area contributed by atoms with E-state index in [2.05, 4.69) is 34.2 Å². The maximum atomic E-state index is 4.63. The zero-order valence-corrected chi connectivity index (χ0v) is 10.3. The van der Waals surface area contributed by atoms with Gasteiger partial charge < -0.3 is 5.32 Å². The van der Waals surface area contributed by atoms with Gasteiger partial charge in [0, 0.05) is 25.8 Å². The van der Waals surface area contributed by atoms with Crippen molar-refractivity contribution in [2.75, 3.05) is 26.7 Å². The Morgan fingerprint density at radius 3 is 3.06 bits per heavy atom. The quantitative estimate of drug-likeness (QED) is 0.805. The molecule has 0 radical (unpaired) electrons. The van der Waals surface area contributed by atoms with Gasteiger partial charge in [-0.2, -0.15) is 0 Å². The summed E-state index contributed by atoms with van der Waals surface area (Å²) in [7, 11) is 2.17. The predicted octanol–water partition coefficient (Wildman–Crippen LogP) is 0.924. The van der Waals surface area contributed by atoms with Crippen molar-refractivity contribution in [2.24, 2.45) is 0 Å². The average Bonchev–Trinajstić information content (AvgIpc) is 2.29. The fourth-order valence-corrected chi connectivity index (χ4v) is 2.18. The average molecular weight is 220 g/mol. The zero-order valence-electron chi connectivity index (χ0n) is 10.3. The molecule has 0 saturated carbocycles. The second kappa shape index (κ2) is 4.89. The summed E-state index contributed by atoms with van der Waals surface area (Å²) >= 11 is 0. The predicted molar refractivity (Wildman–Crippen MR) is 64.4 cm³/mol. The van der Waals surface area contributed by atoms with E-state index in [0.29, 0.717) is 6.04 Å². The normalized spacial score (nSPS) is 22.3. The van der Waals surface area contributed by atoms with E-state index in [0.717, 1.165) is 31.9 Å². The molecule has 2 rings (SSSR count). The minimum Gasteiger partial charge on any atom is -0.313 e. The maximum Gasteiger partial charge on any atom is 0.125 e. The van der Waals surface area contributed by atoms with Crippen molar-refractivity contribution in [1.82, 2.24) is 20.2 Å². The molecule has 1 aromatic heterocycles. The lowest BCUT2D eigenvalue weighted by Crippen LogP contribution is -2.44. The summed E-state index contributed by atoms with van der Waals surface area (Å²) in [4.78, 5) is 11.3. The monoisotopic (exact) mass is 220 g/mol. The number of nitrogens with zero attached hydrogens (tertiary/aromatic N) is 3. The van der Waals surface area contributed by atoms with Crippen LogP contribution in [0, 0.1) is 6.92 Å². The lowest BCUT2D eigenvalue weighted by Gasteiger charge is -2.33. The first-order valence-electron chi connectivity index (χ1n) is 5.95. The minimum absolute atomic E-state index is 0.394. The van der Waals surface area contributed by atoms with Gasteiger partial charge in [0.2, 0.25) is 0 Å². The molecule has 1 unspecified atom stereocenters. The smallest absolute Gasteiger partial charge is 0.125 e. The Morgan fingerprint density at radius 1 is 1.56 bits per heavy atom. The van der Waals surface area contributed by atoms with Crippen LogP contribution in [0.25, 0.3) is 0 Å². The molecule has 1 N–H and O–H groups in total. The maximum absolute atomic E-state index is 4.63. The highest BCUT2D eigenvalue weighted by atomic mass is 15.2. The number of nitrogens with one attached hydrogen (secondary N) is 1. The van der Waals surface area contributed by atoms with Crippen LogP contribution in [0.5, 0.6) is 0 Å². The summed E-state index contributed by atoms with van der Waals surface area (Å²) in [6, 6.07) is 0.394. The summed E-state index contributed by atoms with van der Waals surface area (Å²) < 4.78 is 0. The van der Waals surface area contributed by atoms with Gasteiger partial charge in [-0.05, 0) is 26.0 Å². The topological polar surface area (TPSA) is 41.1 Å². The molecule has 0 amide bonds. The van der Waals surface area contributed by atoms with Crippen LogP contribution in [-0.2, 0) is 6.42 Å².